The third kappa shape index (κ3) is 4.34. The van der Waals surface area contributed by atoms with Crippen molar-refractivity contribution < 1.29 is 9.53 Å². The second kappa shape index (κ2) is 7.67. The van der Waals surface area contributed by atoms with Crippen LogP contribution < -0.4 is 0 Å². The van der Waals surface area contributed by atoms with Crippen molar-refractivity contribution in [3.8, 4) is 0 Å². The van der Waals surface area contributed by atoms with E-state index >= 15 is 0 Å². The highest BCUT2D eigenvalue weighted by molar-refractivity contribution is 7.11. The van der Waals surface area contributed by atoms with E-state index in [1.165, 1.54) is 0 Å². The Hall–Kier alpha value is -1.61. The average molecular weight is 262 g/mol. The summed E-state index contributed by atoms with van der Waals surface area (Å²) < 4.78 is 4.97. The van der Waals surface area contributed by atoms with Gasteiger partial charge >= 0.3 is 5.97 Å². The van der Waals surface area contributed by atoms with E-state index in [4.69, 9.17) is 4.74 Å². The van der Waals surface area contributed by atoms with Gasteiger partial charge in [-0.15, -0.1) is 11.3 Å². The van der Waals surface area contributed by atoms with E-state index in [1.807, 2.05) is 49.6 Å². The smallest absolute Gasteiger partial charge is 0.331 e. The molecule has 0 spiro atoms. The van der Waals surface area contributed by atoms with E-state index in [-0.39, 0.29) is 5.97 Å². The molecule has 0 atom stereocenters. The molecule has 1 rings (SSSR count). The Labute approximate surface area is 112 Å². The van der Waals surface area contributed by atoms with Crippen molar-refractivity contribution in [2.45, 2.75) is 20.8 Å². The quantitative estimate of drug-likeness (QED) is 0.451. The molecule has 3 heteroatoms. The molecule has 96 valence electrons. The van der Waals surface area contributed by atoms with Crippen molar-refractivity contribution in [1.29, 1.82) is 0 Å². The number of esters is 1. The van der Waals surface area contributed by atoms with E-state index in [9.17, 15) is 4.79 Å². The summed E-state index contributed by atoms with van der Waals surface area (Å²) >= 11 is 1.61. The van der Waals surface area contributed by atoms with E-state index in [0.717, 1.165) is 16.0 Å². The number of hydrogen-bond donors (Lipinski definition) is 0. The van der Waals surface area contributed by atoms with Gasteiger partial charge in [0.25, 0.3) is 0 Å². The zero-order valence-electron chi connectivity index (χ0n) is 11.0. The van der Waals surface area contributed by atoms with Gasteiger partial charge in [0.1, 0.15) is 0 Å². The zero-order chi connectivity index (χ0) is 13.4. The fourth-order valence-electron chi connectivity index (χ4n) is 1.44. The molecule has 0 saturated carbocycles. The van der Waals surface area contributed by atoms with Gasteiger partial charge in [0.15, 0.2) is 0 Å². The fourth-order valence-corrected chi connectivity index (χ4v) is 2.25. The standard InChI is InChI=1S/C15H18O2S/c1-4-6-8-12(3)13(11-15(16)17-5-2)14-9-7-10-18-14/h4,6-11H,5H2,1-3H3/b6-4-,12-8+,13-11-. The highest BCUT2D eigenvalue weighted by Gasteiger charge is 2.08. The summed E-state index contributed by atoms with van der Waals surface area (Å²) in [6.45, 7) is 6.15. The highest BCUT2D eigenvalue weighted by Crippen LogP contribution is 2.27. The Kier molecular flexibility index (Phi) is 6.15. The number of allylic oxidation sites excluding steroid dienone is 5. The van der Waals surface area contributed by atoms with Crippen LogP contribution in [0.4, 0.5) is 0 Å². The van der Waals surface area contributed by atoms with E-state index in [2.05, 4.69) is 0 Å². The normalized spacial score (nSPS) is 13.1. The van der Waals surface area contributed by atoms with Gasteiger partial charge in [0, 0.05) is 16.5 Å². The molecule has 0 amide bonds. The van der Waals surface area contributed by atoms with Gasteiger partial charge in [0.05, 0.1) is 6.61 Å². The number of ether oxygens (including phenoxy) is 1. The summed E-state index contributed by atoms with van der Waals surface area (Å²) in [7, 11) is 0. The van der Waals surface area contributed by atoms with Crippen molar-refractivity contribution in [2.75, 3.05) is 6.61 Å². The molecule has 18 heavy (non-hydrogen) atoms. The van der Waals surface area contributed by atoms with E-state index in [1.54, 1.807) is 24.3 Å². The van der Waals surface area contributed by atoms with Gasteiger partial charge in [-0.25, -0.2) is 4.79 Å². The molecule has 2 nitrogen and oxygen atoms in total. The molecule has 0 aliphatic rings. The van der Waals surface area contributed by atoms with Crippen LogP contribution in [0.15, 0.2) is 47.4 Å². The Morgan fingerprint density at radius 2 is 2.28 bits per heavy atom. The summed E-state index contributed by atoms with van der Waals surface area (Å²) in [5.41, 5.74) is 1.96. The highest BCUT2D eigenvalue weighted by atomic mass is 32.1. The van der Waals surface area contributed by atoms with Crippen LogP contribution in [0, 0.1) is 0 Å². The molecular weight excluding hydrogens is 244 g/mol. The number of hydrogen-bond acceptors (Lipinski definition) is 3. The lowest BCUT2D eigenvalue weighted by Crippen LogP contribution is -2.01. The van der Waals surface area contributed by atoms with Gasteiger partial charge in [-0.2, -0.15) is 0 Å². The van der Waals surface area contributed by atoms with E-state index < -0.39 is 0 Å². The summed E-state index contributed by atoms with van der Waals surface area (Å²) in [5.74, 6) is -0.297. The van der Waals surface area contributed by atoms with Crippen LogP contribution in [-0.2, 0) is 9.53 Å². The topological polar surface area (TPSA) is 26.3 Å². The van der Waals surface area contributed by atoms with Crippen LogP contribution >= 0.6 is 11.3 Å². The van der Waals surface area contributed by atoms with Gasteiger partial charge in [-0.05, 0) is 37.8 Å². The van der Waals surface area contributed by atoms with Gasteiger partial charge < -0.3 is 4.74 Å². The molecule has 0 unspecified atom stereocenters. The molecule has 0 bridgehead atoms. The maximum atomic E-state index is 11.6. The Morgan fingerprint density at radius 3 is 2.83 bits per heavy atom. The maximum Gasteiger partial charge on any atom is 0.331 e. The second-order valence-electron chi connectivity index (χ2n) is 3.66. The fraction of sp³-hybridized carbons (Fsp3) is 0.267. The lowest BCUT2D eigenvalue weighted by atomic mass is 10.1. The minimum atomic E-state index is -0.297. The Balaban J connectivity index is 3.07. The maximum absolute atomic E-state index is 11.6. The number of thiophene rings is 1. The summed E-state index contributed by atoms with van der Waals surface area (Å²) in [4.78, 5) is 12.7. The monoisotopic (exact) mass is 262 g/mol. The lowest BCUT2D eigenvalue weighted by molar-refractivity contribution is -0.137. The van der Waals surface area contributed by atoms with Gasteiger partial charge in [-0.3, -0.25) is 0 Å². The third-order valence-corrected chi connectivity index (χ3v) is 3.20. The zero-order valence-corrected chi connectivity index (χ0v) is 11.8. The lowest BCUT2D eigenvalue weighted by Gasteiger charge is -2.05. The van der Waals surface area contributed by atoms with Crippen molar-refractivity contribution in [1.82, 2.24) is 0 Å². The molecular formula is C15H18O2S. The number of rotatable bonds is 5. The van der Waals surface area contributed by atoms with Crippen molar-refractivity contribution in [3.05, 3.63) is 52.3 Å². The third-order valence-electron chi connectivity index (χ3n) is 2.30. The molecule has 0 aromatic carbocycles. The first kappa shape index (κ1) is 14.5. The van der Waals surface area contributed by atoms with E-state index in [0.29, 0.717) is 6.61 Å². The Bertz CT molecular complexity index is 465. The summed E-state index contributed by atoms with van der Waals surface area (Å²) in [5, 5.41) is 2.00. The predicted molar refractivity (Wildman–Crippen MR) is 77.5 cm³/mol. The molecule has 0 N–H and O–H groups in total. The van der Waals surface area contributed by atoms with Gasteiger partial charge in [0.2, 0.25) is 0 Å². The van der Waals surface area contributed by atoms with Crippen LogP contribution in [0.2, 0.25) is 0 Å². The predicted octanol–water partition coefficient (Wildman–Crippen LogP) is 4.22. The number of carbonyl (C=O) groups is 1. The van der Waals surface area contributed by atoms with Crippen LogP contribution in [0.25, 0.3) is 5.57 Å². The van der Waals surface area contributed by atoms with Crippen molar-refractivity contribution in [2.24, 2.45) is 0 Å². The van der Waals surface area contributed by atoms with Crippen LogP contribution in [0.5, 0.6) is 0 Å². The summed E-state index contributed by atoms with van der Waals surface area (Å²) in [6.07, 6.45) is 7.47. The summed E-state index contributed by atoms with van der Waals surface area (Å²) in [6, 6.07) is 3.98. The molecule has 1 aromatic heterocycles. The van der Waals surface area contributed by atoms with Crippen molar-refractivity contribution in [3.63, 3.8) is 0 Å². The molecule has 1 aromatic rings. The first-order valence-corrected chi connectivity index (χ1v) is 6.79. The average Bonchev–Trinajstić information content (AvgIpc) is 2.87. The first-order chi connectivity index (χ1) is 8.69. The largest absolute Gasteiger partial charge is 0.463 e. The molecule has 0 aliphatic carbocycles. The van der Waals surface area contributed by atoms with Gasteiger partial charge in [-0.1, -0.05) is 24.3 Å². The first-order valence-electron chi connectivity index (χ1n) is 5.91. The van der Waals surface area contributed by atoms with Crippen molar-refractivity contribution >= 4 is 22.9 Å². The SMILES string of the molecule is C\C=C/C=C(C)/C(=C/C(=O)OCC)c1cccs1. The molecule has 0 saturated heterocycles. The van der Waals surface area contributed by atoms with Crippen LogP contribution in [-0.4, -0.2) is 12.6 Å². The minimum Gasteiger partial charge on any atom is -0.463 e. The van der Waals surface area contributed by atoms with Crippen LogP contribution in [0.1, 0.15) is 25.6 Å². The van der Waals surface area contributed by atoms with Crippen LogP contribution in [0.3, 0.4) is 0 Å². The number of carbonyl (C=O) groups excluding carboxylic acids is 1. The molecule has 1 heterocycles. The Morgan fingerprint density at radius 1 is 1.50 bits per heavy atom. The molecule has 0 aliphatic heterocycles. The minimum absolute atomic E-state index is 0.297. The molecule has 0 fully saturated rings. The molecule has 0 radical (unpaired) electrons. The second-order valence-corrected chi connectivity index (χ2v) is 4.61.